The molecule has 5 heteroatoms. The van der Waals surface area contributed by atoms with Gasteiger partial charge in [-0.05, 0) is 56.5 Å². The van der Waals surface area contributed by atoms with E-state index in [1.54, 1.807) is 31.2 Å². The molecule has 0 unspecified atom stereocenters. The summed E-state index contributed by atoms with van der Waals surface area (Å²) >= 11 is 0. The number of carbonyl (C=O) groups excluding carboxylic acids is 2. The second-order valence-electron chi connectivity index (χ2n) is 6.30. The molecule has 0 saturated carbocycles. The van der Waals surface area contributed by atoms with E-state index < -0.39 is 0 Å². The van der Waals surface area contributed by atoms with Crippen molar-refractivity contribution in [1.29, 1.82) is 0 Å². The molecule has 0 fully saturated rings. The van der Waals surface area contributed by atoms with Gasteiger partial charge in [-0.3, -0.25) is 9.59 Å². The zero-order chi connectivity index (χ0) is 18.4. The molecular weight excluding hydrogens is 314 g/mol. The molecule has 0 radical (unpaired) electrons. The predicted molar refractivity (Wildman–Crippen MR) is 100 cm³/mol. The number of hydrogen-bond acceptors (Lipinski definition) is 3. The van der Waals surface area contributed by atoms with Crippen LogP contribution < -0.4 is 5.32 Å². The Hall–Kier alpha value is -2.43. The standard InChI is InChI=1S/C20H27N3O2/c1-5-7-8-9-18-14(3)22-23(15(18)4)20(25)16-10-12-17(13-11-16)21-19(24)6-2/h10-13H,5-9H2,1-4H3,(H,21,24). The van der Waals surface area contributed by atoms with Crippen molar-refractivity contribution in [2.24, 2.45) is 0 Å². The van der Waals surface area contributed by atoms with Crippen molar-refractivity contribution in [2.75, 3.05) is 5.32 Å². The lowest BCUT2D eigenvalue weighted by atomic mass is 10.1. The van der Waals surface area contributed by atoms with E-state index in [2.05, 4.69) is 17.3 Å². The van der Waals surface area contributed by atoms with Gasteiger partial charge in [-0.15, -0.1) is 0 Å². The van der Waals surface area contributed by atoms with Crippen LogP contribution in [0.15, 0.2) is 24.3 Å². The van der Waals surface area contributed by atoms with Crippen molar-refractivity contribution in [1.82, 2.24) is 9.78 Å². The number of aromatic nitrogens is 2. The molecule has 1 N–H and O–H groups in total. The Morgan fingerprint density at radius 3 is 2.36 bits per heavy atom. The first-order valence-corrected chi connectivity index (χ1v) is 8.97. The van der Waals surface area contributed by atoms with Gasteiger partial charge in [-0.1, -0.05) is 26.7 Å². The molecule has 0 atom stereocenters. The monoisotopic (exact) mass is 341 g/mol. The third-order valence-electron chi connectivity index (χ3n) is 4.40. The van der Waals surface area contributed by atoms with Crippen molar-refractivity contribution in [2.45, 2.75) is 59.8 Å². The minimum atomic E-state index is -0.143. The molecule has 0 spiro atoms. The van der Waals surface area contributed by atoms with E-state index in [9.17, 15) is 9.59 Å². The Kier molecular flexibility index (Phi) is 6.51. The van der Waals surface area contributed by atoms with E-state index in [4.69, 9.17) is 0 Å². The van der Waals surface area contributed by atoms with E-state index in [0.717, 1.165) is 24.2 Å². The lowest BCUT2D eigenvalue weighted by molar-refractivity contribution is -0.115. The van der Waals surface area contributed by atoms with Gasteiger partial charge in [-0.25, -0.2) is 4.68 Å². The Bertz CT molecular complexity index is 745. The van der Waals surface area contributed by atoms with Crippen LogP contribution in [0.3, 0.4) is 0 Å². The zero-order valence-corrected chi connectivity index (χ0v) is 15.6. The average Bonchev–Trinajstić information content (AvgIpc) is 2.90. The van der Waals surface area contributed by atoms with Gasteiger partial charge in [0.25, 0.3) is 5.91 Å². The molecule has 0 aliphatic carbocycles. The predicted octanol–water partition coefficient (Wildman–Crippen LogP) is 4.27. The highest BCUT2D eigenvalue weighted by molar-refractivity contribution is 5.97. The van der Waals surface area contributed by atoms with E-state index in [-0.39, 0.29) is 11.8 Å². The van der Waals surface area contributed by atoms with Gasteiger partial charge in [0.1, 0.15) is 0 Å². The van der Waals surface area contributed by atoms with Crippen molar-refractivity contribution in [3.8, 4) is 0 Å². The number of benzene rings is 1. The summed E-state index contributed by atoms with van der Waals surface area (Å²) in [5.74, 6) is -0.190. The molecule has 1 heterocycles. The van der Waals surface area contributed by atoms with Crippen LogP contribution >= 0.6 is 0 Å². The lowest BCUT2D eigenvalue weighted by Crippen LogP contribution is -2.16. The third-order valence-corrected chi connectivity index (χ3v) is 4.40. The van der Waals surface area contributed by atoms with Crippen LogP contribution in [0.1, 0.15) is 66.8 Å². The lowest BCUT2D eigenvalue weighted by Gasteiger charge is -2.07. The number of hydrogen-bond donors (Lipinski definition) is 1. The summed E-state index contributed by atoms with van der Waals surface area (Å²) in [5.41, 5.74) is 4.27. The summed E-state index contributed by atoms with van der Waals surface area (Å²) in [6, 6.07) is 6.94. The number of carbonyl (C=O) groups is 2. The highest BCUT2D eigenvalue weighted by Crippen LogP contribution is 2.18. The second kappa shape index (κ2) is 8.60. The number of aryl methyl sites for hydroxylation is 1. The first-order chi connectivity index (χ1) is 12.0. The highest BCUT2D eigenvalue weighted by atomic mass is 16.2. The van der Waals surface area contributed by atoms with Gasteiger partial charge in [-0.2, -0.15) is 5.10 Å². The van der Waals surface area contributed by atoms with E-state index >= 15 is 0 Å². The number of nitrogens with zero attached hydrogens (tertiary/aromatic N) is 2. The summed E-state index contributed by atoms with van der Waals surface area (Å²) in [6.45, 7) is 7.89. The Labute approximate surface area is 149 Å². The van der Waals surface area contributed by atoms with Gasteiger partial charge >= 0.3 is 0 Å². The molecule has 2 rings (SSSR count). The first kappa shape index (κ1) is 18.9. The highest BCUT2D eigenvalue weighted by Gasteiger charge is 2.17. The van der Waals surface area contributed by atoms with Crippen LogP contribution in [-0.4, -0.2) is 21.6 Å². The fraction of sp³-hybridized carbons (Fsp3) is 0.450. The maximum Gasteiger partial charge on any atom is 0.278 e. The quantitative estimate of drug-likeness (QED) is 0.765. The van der Waals surface area contributed by atoms with Gasteiger partial charge < -0.3 is 5.32 Å². The third kappa shape index (κ3) is 4.56. The Morgan fingerprint density at radius 2 is 1.76 bits per heavy atom. The van der Waals surface area contributed by atoms with Gasteiger partial charge in [0.2, 0.25) is 5.91 Å². The SMILES string of the molecule is CCCCCc1c(C)nn(C(=O)c2ccc(NC(=O)CC)cc2)c1C. The van der Waals surface area contributed by atoms with Gasteiger partial charge in [0.05, 0.1) is 5.69 Å². The molecule has 0 aliphatic heterocycles. The number of rotatable bonds is 7. The van der Waals surface area contributed by atoms with E-state index in [1.165, 1.54) is 23.1 Å². The first-order valence-electron chi connectivity index (χ1n) is 8.97. The molecule has 134 valence electrons. The summed E-state index contributed by atoms with van der Waals surface area (Å²) < 4.78 is 1.50. The smallest absolute Gasteiger partial charge is 0.278 e. The van der Waals surface area contributed by atoms with Crippen LogP contribution in [0.5, 0.6) is 0 Å². The number of anilines is 1. The topological polar surface area (TPSA) is 64.0 Å². The second-order valence-corrected chi connectivity index (χ2v) is 6.30. The van der Waals surface area contributed by atoms with Crippen LogP contribution in [0.2, 0.25) is 0 Å². The van der Waals surface area contributed by atoms with Crippen LogP contribution in [-0.2, 0) is 11.2 Å². The summed E-state index contributed by atoms with van der Waals surface area (Å²) in [4.78, 5) is 24.2. The normalized spacial score (nSPS) is 10.7. The number of amides is 1. The Balaban J connectivity index is 2.17. The van der Waals surface area contributed by atoms with Gasteiger partial charge in [0, 0.05) is 23.4 Å². The molecule has 1 aromatic carbocycles. The minimum Gasteiger partial charge on any atom is -0.326 e. The number of unbranched alkanes of at least 4 members (excludes halogenated alkanes) is 2. The Morgan fingerprint density at radius 1 is 1.08 bits per heavy atom. The molecule has 0 bridgehead atoms. The largest absolute Gasteiger partial charge is 0.326 e. The van der Waals surface area contributed by atoms with Crippen LogP contribution in [0.4, 0.5) is 5.69 Å². The van der Waals surface area contributed by atoms with E-state index in [0.29, 0.717) is 17.7 Å². The van der Waals surface area contributed by atoms with Crippen molar-refractivity contribution < 1.29 is 9.59 Å². The fourth-order valence-electron chi connectivity index (χ4n) is 2.85. The molecule has 2 aromatic rings. The summed E-state index contributed by atoms with van der Waals surface area (Å²) in [5, 5.41) is 7.22. The molecule has 0 saturated heterocycles. The summed E-state index contributed by atoms with van der Waals surface area (Å²) in [6.07, 6.45) is 4.85. The molecular formula is C20H27N3O2. The van der Waals surface area contributed by atoms with Gasteiger partial charge in [0.15, 0.2) is 0 Å². The van der Waals surface area contributed by atoms with Crippen molar-refractivity contribution in [3.63, 3.8) is 0 Å². The molecule has 5 nitrogen and oxygen atoms in total. The number of nitrogens with one attached hydrogen (secondary N) is 1. The minimum absolute atomic E-state index is 0.0469. The zero-order valence-electron chi connectivity index (χ0n) is 15.6. The molecule has 0 aliphatic rings. The maximum atomic E-state index is 12.8. The molecule has 1 amide bonds. The van der Waals surface area contributed by atoms with Crippen molar-refractivity contribution >= 4 is 17.5 Å². The van der Waals surface area contributed by atoms with Crippen molar-refractivity contribution in [3.05, 3.63) is 46.8 Å². The summed E-state index contributed by atoms with van der Waals surface area (Å²) in [7, 11) is 0. The average molecular weight is 341 g/mol. The van der Waals surface area contributed by atoms with Crippen LogP contribution in [0.25, 0.3) is 0 Å². The molecule has 1 aromatic heterocycles. The van der Waals surface area contributed by atoms with Crippen LogP contribution in [0, 0.1) is 13.8 Å². The molecule has 25 heavy (non-hydrogen) atoms. The fourth-order valence-corrected chi connectivity index (χ4v) is 2.85. The maximum absolute atomic E-state index is 12.8. The van der Waals surface area contributed by atoms with E-state index in [1.807, 2.05) is 13.8 Å².